The van der Waals surface area contributed by atoms with Crippen LogP contribution in [0.2, 0.25) is 0 Å². The summed E-state index contributed by atoms with van der Waals surface area (Å²) in [5.74, 6) is 0.0955. The maximum Gasteiger partial charge on any atom is 0.332 e. The molecule has 0 radical (unpaired) electrons. The van der Waals surface area contributed by atoms with Crippen molar-refractivity contribution in [2.75, 3.05) is 10.6 Å². The van der Waals surface area contributed by atoms with Crippen LogP contribution >= 0.6 is 0 Å². The fourth-order valence-electron chi connectivity index (χ4n) is 4.37. The Balaban J connectivity index is 2.06. The van der Waals surface area contributed by atoms with Crippen molar-refractivity contribution in [3.8, 4) is 0 Å². The zero-order valence-corrected chi connectivity index (χ0v) is 15.7. The van der Waals surface area contributed by atoms with Crippen LogP contribution in [0, 0.1) is 13.8 Å². The third kappa shape index (κ3) is 1.67. The first-order valence-corrected chi connectivity index (χ1v) is 8.75. The van der Waals surface area contributed by atoms with Gasteiger partial charge in [0, 0.05) is 25.3 Å². The Morgan fingerprint density at radius 1 is 1.04 bits per heavy atom. The highest BCUT2D eigenvalue weighted by Crippen LogP contribution is 2.54. The van der Waals surface area contributed by atoms with Crippen molar-refractivity contribution in [1.82, 2.24) is 14.3 Å². The summed E-state index contributed by atoms with van der Waals surface area (Å²) in [7, 11) is 2.94. The number of hydrogen-bond acceptors (Lipinski definition) is 6. The van der Waals surface area contributed by atoms with Crippen LogP contribution in [0.5, 0.6) is 0 Å². The quantitative estimate of drug-likeness (QED) is 0.604. The number of hydrogen-bond donors (Lipinski definition) is 2. The molecule has 2 aromatic heterocycles. The first kappa shape index (κ1) is 16.5. The van der Waals surface area contributed by atoms with Crippen molar-refractivity contribution in [2.24, 2.45) is 14.1 Å². The van der Waals surface area contributed by atoms with E-state index in [2.05, 4.69) is 15.8 Å². The Bertz CT molecular complexity index is 1330. The van der Waals surface area contributed by atoms with Crippen LogP contribution in [0.15, 0.2) is 32.3 Å². The zero-order valence-electron chi connectivity index (χ0n) is 15.7. The zero-order chi connectivity index (χ0) is 20.0. The van der Waals surface area contributed by atoms with Gasteiger partial charge in [0.05, 0.1) is 16.8 Å². The number of benzene rings is 1. The van der Waals surface area contributed by atoms with Crippen molar-refractivity contribution >= 4 is 23.3 Å². The Morgan fingerprint density at radius 2 is 1.79 bits per heavy atom. The molecular formula is C19H17N5O4. The lowest BCUT2D eigenvalue weighted by molar-refractivity contribution is -0.118. The van der Waals surface area contributed by atoms with Crippen LogP contribution in [-0.2, 0) is 24.3 Å². The van der Waals surface area contributed by atoms with E-state index in [1.54, 1.807) is 14.0 Å². The molecule has 2 aliphatic rings. The third-order valence-corrected chi connectivity index (χ3v) is 5.68. The Hall–Kier alpha value is -3.62. The van der Waals surface area contributed by atoms with E-state index in [9.17, 15) is 14.4 Å². The molecule has 1 aromatic carbocycles. The van der Waals surface area contributed by atoms with Crippen molar-refractivity contribution in [3.63, 3.8) is 0 Å². The lowest BCUT2D eigenvalue weighted by Gasteiger charge is -2.34. The summed E-state index contributed by atoms with van der Waals surface area (Å²) < 4.78 is 7.74. The van der Waals surface area contributed by atoms with Crippen LogP contribution in [0.1, 0.15) is 27.9 Å². The van der Waals surface area contributed by atoms with Gasteiger partial charge in [0.2, 0.25) is 11.8 Å². The van der Waals surface area contributed by atoms with Crippen molar-refractivity contribution < 1.29 is 9.32 Å². The van der Waals surface area contributed by atoms with Gasteiger partial charge in [-0.25, -0.2) is 4.79 Å². The number of amides is 1. The molecule has 2 N–H and O–H groups in total. The number of nitrogens with zero attached hydrogens (tertiary/aromatic N) is 3. The largest absolute Gasteiger partial charge is 0.338 e. The molecule has 1 unspecified atom stereocenters. The summed E-state index contributed by atoms with van der Waals surface area (Å²) in [5, 5.41) is 9.91. The first-order chi connectivity index (χ1) is 13.3. The van der Waals surface area contributed by atoms with Gasteiger partial charge in [-0.2, -0.15) is 0 Å². The van der Waals surface area contributed by atoms with E-state index < -0.39 is 16.7 Å². The summed E-state index contributed by atoms with van der Waals surface area (Å²) in [4.78, 5) is 39.3. The van der Waals surface area contributed by atoms with Gasteiger partial charge < -0.3 is 15.2 Å². The van der Waals surface area contributed by atoms with E-state index in [4.69, 9.17) is 4.52 Å². The van der Waals surface area contributed by atoms with Gasteiger partial charge in [-0.15, -0.1) is 0 Å². The predicted molar refractivity (Wildman–Crippen MR) is 101 cm³/mol. The molecule has 9 nitrogen and oxygen atoms in total. The standard InChI is InChI=1S/C19H17N5O4/c1-8-5-6-11-10(7-8)19(17(26)20-11)12-9(2)22-28-15(12)21-14-13(19)16(25)24(4)18(27)23(14)3/h5-7,21H,1-4H3,(H,20,26). The molecule has 9 heteroatoms. The summed E-state index contributed by atoms with van der Waals surface area (Å²) in [6, 6.07) is 5.58. The summed E-state index contributed by atoms with van der Waals surface area (Å²) in [5.41, 5.74) is 0.850. The molecule has 1 atom stereocenters. The summed E-state index contributed by atoms with van der Waals surface area (Å²) >= 11 is 0. The molecule has 0 saturated carbocycles. The van der Waals surface area contributed by atoms with Gasteiger partial charge >= 0.3 is 5.69 Å². The van der Waals surface area contributed by atoms with Gasteiger partial charge in [0.1, 0.15) is 11.2 Å². The van der Waals surface area contributed by atoms with Crippen LogP contribution < -0.4 is 21.9 Å². The molecule has 0 fully saturated rings. The smallest absolute Gasteiger partial charge is 0.332 e. The van der Waals surface area contributed by atoms with Crippen LogP contribution in [0.4, 0.5) is 17.4 Å². The van der Waals surface area contributed by atoms with Gasteiger partial charge in [-0.3, -0.25) is 18.7 Å². The average molecular weight is 379 g/mol. The maximum atomic E-state index is 13.5. The highest BCUT2D eigenvalue weighted by Gasteiger charge is 2.58. The second kappa shape index (κ2) is 5.00. The number of carbonyl (C=O) groups excluding carboxylic acids is 1. The van der Waals surface area contributed by atoms with E-state index in [1.807, 2.05) is 25.1 Å². The lowest BCUT2D eigenvalue weighted by Crippen LogP contribution is -2.50. The Labute approximate surface area is 158 Å². The monoisotopic (exact) mass is 379 g/mol. The van der Waals surface area contributed by atoms with E-state index in [-0.39, 0.29) is 23.2 Å². The number of carbonyl (C=O) groups is 1. The van der Waals surface area contributed by atoms with E-state index >= 15 is 0 Å². The van der Waals surface area contributed by atoms with Crippen molar-refractivity contribution in [1.29, 1.82) is 0 Å². The highest BCUT2D eigenvalue weighted by atomic mass is 16.5. The van der Waals surface area contributed by atoms with Gasteiger partial charge in [0.25, 0.3) is 5.56 Å². The molecule has 5 rings (SSSR count). The molecule has 0 bridgehead atoms. The number of aryl methyl sites for hydroxylation is 2. The minimum atomic E-state index is -1.46. The Kier molecular flexibility index (Phi) is 2.96. The highest BCUT2D eigenvalue weighted by molar-refractivity contribution is 6.13. The van der Waals surface area contributed by atoms with Crippen molar-refractivity contribution in [3.05, 3.63) is 67.0 Å². The molecule has 1 amide bonds. The van der Waals surface area contributed by atoms with E-state index in [1.165, 1.54) is 11.6 Å². The normalized spacial score (nSPS) is 19.1. The number of fused-ring (bicyclic) bond motifs is 6. The second-order valence-electron chi connectivity index (χ2n) is 7.28. The fraction of sp³-hybridized carbons (Fsp3) is 0.263. The van der Waals surface area contributed by atoms with Gasteiger partial charge in [-0.1, -0.05) is 22.9 Å². The number of aromatic nitrogens is 3. The summed E-state index contributed by atoms with van der Waals surface area (Å²) in [6.07, 6.45) is 0. The molecule has 1 spiro atoms. The van der Waals surface area contributed by atoms with Crippen molar-refractivity contribution in [2.45, 2.75) is 19.3 Å². The first-order valence-electron chi connectivity index (χ1n) is 8.75. The summed E-state index contributed by atoms with van der Waals surface area (Å²) in [6.45, 7) is 3.64. The molecule has 0 aliphatic carbocycles. The topological polar surface area (TPSA) is 111 Å². The predicted octanol–water partition coefficient (Wildman–Crippen LogP) is 1.03. The van der Waals surface area contributed by atoms with Crippen LogP contribution in [0.25, 0.3) is 0 Å². The molecule has 142 valence electrons. The fourth-order valence-corrected chi connectivity index (χ4v) is 4.37. The van der Waals surface area contributed by atoms with Crippen LogP contribution in [0.3, 0.4) is 0 Å². The SMILES string of the molecule is Cc1ccc2c(c1)C1(C(=O)N2)c2c(C)noc2Nc2c1c(=O)n(C)c(=O)n2C. The number of anilines is 3. The minimum Gasteiger partial charge on any atom is -0.338 e. The molecule has 0 saturated heterocycles. The van der Waals surface area contributed by atoms with Gasteiger partial charge in [-0.05, 0) is 19.9 Å². The molecule has 3 aromatic rings. The van der Waals surface area contributed by atoms with E-state index in [0.717, 1.165) is 10.1 Å². The van der Waals surface area contributed by atoms with Crippen LogP contribution in [-0.4, -0.2) is 20.2 Å². The molecule has 28 heavy (non-hydrogen) atoms. The van der Waals surface area contributed by atoms with Gasteiger partial charge in [0.15, 0.2) is 0 Å². The molecular weight excluding hydrogens is 362 g/mol. The second-order valence-corrected chi connectivity index (χ2v) is 7.28. The average Bonchev–Trinajstić information content (AvgIpc) is 3.17. The minimum absolute atomic E-state index is 0.178. The molecule has 4 heterocycles. The third-order valence-electron chi connectivity index (χ3n) is 5.68. The Morgan fingerprint density at radius 3 is 2.54 bits per heavy atom. The molecule has 2 aliphatic heterocycles. The van der Waals surface area contributed by atoms with E-state index in [0.29, 0.717) is 22.5 Å². The number of rotatable bonds is 0. The number of nitrogens with one attached hydrogen (secondary N) is 2. The maximum absolute atomic E-state index is 13.5. The lowest BCUT2D eigenvalue weighted by atomic mass is 9.68.